The molecule has 0 aromatic carbocycles. The van der Waals surface area contributed by atoms with E-state index in [-0.39, 0.29) is 24.5 Å². The zero-order chi connectivity index (χ0) is 11.1. The topological polar surface area (TPSA) is 67.4 Å². The van der Waals surface area contributed by atoms with Gasteiger partial charge < -0.3 is 15.4 Å². The first kappa shape index (κ1) is 12.9. The molecule has 0 heterocycles. The van der Waals surface area contributed by atoms with Crippen LogP contribution in [0.4, 0.5) is 0 Å². The maximum atomic E-state index is 11.2. The highest BCUT2D eigenvalue weighted by atomic mass is 16.5. The highest BCUT2D eigenvalue weighted by Crippen LogP contribution is 1.88. The molecule has 5 nitrogen and oxygen atoms in total. The predicted molar refractivity (Wildman–Crippen MR) is 52.8 cm³/mol. The lowest BCUT2D eigenvalue weighted by molar-refractivity contribution is -0.131. The van der Waals surface area contributed by atoms with Crippen molar-refractivity contribution in [3.8, 4) is 0 Å². The lowest BCUT2D eigenvalue weighted by Crippen LogP contribution is -2.45. The average molecular weight is 202 g/mol. The van der Waals surface area contributed by atoms with E-state index in [0.29, 0.717) is 0 Å². The first-order valence-electron chi connectivity index (χ1n) is 4.60. The summed E-state index contributed by atoms with van der Waals surface area (Å²) in [4.78, 5) is 22.2. The molecule has 0 aliphatic carbocycles. The van der Waals surface area contributed by atoms with Gasteiger partial charge >= 0.3 is 0 Å². The van der Waals surface area contributed by atoms with Crippen LogP contribution in [0.2, 0.25) is 0 Å². The van der Waals surface area contributed by atoms with E-state index >= 15 is 0 Å². The van der Waals surface area contributed by atoms with Crippen molar-refractivity contribution in [2.75, 3.05) is 13.7 Å². The molecule has 0 aromatic heterocycles. The second-order valence-corrected chi connectivity index (χ2v) is 3.26. The fourth-order valence-electron chi connectivity index (χ4n) is 0.808. The van der Waals surface area contributed by atoms with Crippen LogP contribution >= 0.6 is 0 Å². The van der Waals surface area contributed by atoms with E-state index in [1.165, 1.54) is 7.05 Å². The van der Waals surface area contributed by atoms with Crippen molar-refractivity contribution < 1.29 is 14.3 Å². The number of rotatable bonds is 5. The van der Waals surface area contributed by atoms with Crippen molar-refractivity contribution in [2.45, 2.75) is 32.9 Å². The van der Waals surface area contributed by atoms with Crippen LogP contribution in [0.25, 0.3) is 0 Å². The Kier molecular flexibility index (Phi) is 5.87. The molecule has 0 saturated carbocycles. The van der Waals surface area contributed by atoms with Crippen molar-refractivity contribution in [3.05, 3.63) is 0 Å². The average Bonchev–Trinajstić information content (AvgIpc) is 2.13. The molecular weight excluding hydrogens is 184 g/mol. The van der Waals surface area contributed by atoms with Gasteiger partial charge in [0.05, 0.1) is 6.10 Å². The summed E-state index contributed by atoms with van der Waals surface area (Å²) in [5.41, 5.74) is 0. The van der Waals surface area contributed by atoms with Gasteiger partial charge in [0, 0.05) is 7.05 Å². The third-order valence-electron chi connectivity index (χ3n) is 1.56. The zero-order valence-corrected chi connectivity index (χ0v) is 9.09. The minimum Gasteiger partial charge on any atom is -0.369 e. The van der Waals surface area contributed by atoms with Gasteiger partial charge in [-0.25, -0.2) is 0 Å². The number of likely N-dealkylation sites (N-methyl/N-ethyl adjacent to an activating group) is 1. The minimum atomic E-state index is -0.525. The van der Waals surface area contributed by atoms with Crippen molar-refractivity contribution in [2.24, 2.45) is 0 Å². The van der Waals surface area contributed by atoms with E-state index in [1.54, 1.807) is 6.92 Å². The smallest absolute Gasteiger partial charge is 0.246 e. The van der Waals surface area contributed by atoms with Gasteiger partial charge in [-0.3, -0.25) is 9.59 Å². The molecule has 0 spiro atoms. The maximum Gasteiger partial charge on any atom is 0.246 e. The molecule has 1 unspecified atom stereocenters. The first-order valence-corrected chi connectivity index (χ1v) is 4.60. The molecule has 0 rings (SSSR count). The van der Waals surface area contributed by atoms with E-state index in [2.05, 4.69) is 10.6 Å². The monoisotopic (exact) mass is 202 g/mol. The Hall–Kier alpha value is -1.10. The van der Waals surface area contributed by atoms with E-state index in [4.69, 9.17) is 4.74 Å². The highest BCUT2D eigenvalue weighted by molar-refractivity contribution is 5.87. The zero-order valence-electron chi connectivity index (χ0n) is 9.09. The summed E-state index contributed by atoms with van der Waals surface area (Å²) >= 11 is 0. The molecule has 0 bridgehead atoms. The molecule has 0 saturated heterocycles. The summed E-state index contributed by atoms with van der Waals surface area (Å²) in [7, 11) is 1.52. The molecule has 82 valence electrons. The van der Waals surface area contributed by atoms with Gasteiger partial charge in [-0.1, -0.05) is 0 Å². The summed E-state index contributed by atoms with van der Waals surface area (Å²) in [6.45, 7) is 5.29. The number of ether oxygens (including phenoxy) is 1. The van der Waals surface area contributed by atoms with Crippen LogP contribution < -0.4 is 10.6 Å². The number of carbonyl (C=O) groups excluding carboxylic acids is 2. The molecular formula is C9H18N2O3. The van der Waals surface area contributed by atoms with Gasteiger partial charge in [0.15, 0.2) is 0 Å². The van der Waals surface area contributed by atoms with E-state index < -0.39 is 6.04 Å². The number of nitrogens with one attached hydrogen (secondary N) is 2. The number of hydrogen-bond donors (Lipinski definition) is 2. The second-order valence-electron chi connectivity index (χ2n) is 3.26. The molecule has 14 heavy (non-hydrogen) atoms. The normalized spacial score (nSPS) is 12.4. The molecule has 0 aliphatic rings. The lowest BCUT2D eigenvalue weighted by Gasteiger charge is -2.13. The maximum absolute atomic E-state index is 11.2. The van der Waals surface area contributed by atoms with Crippen LogP contribution in [0.5, 0.6) is 0 Å². The van der Waals surface area contributed by atoms with Crippen LogP contribution in [0.15, 0.2) is 0 Å². The van der Waals surface area contributed by atoms with Crippen LogP contribution in [-0.4, -0.2) is 37.6 Å². The predicted octanol–water partition coefficient (Wildman–Crippen LogP) is -0.338. The lowest BCUT2D eigenvalue weighted by atomic mass is 10.3. The fourth-order valence-corrected chi connectivity index (χ4v) is 0.808. The third-order valence-corrected chi connectivity index (χ3v) is 1.56. The summed E-state index contributed by atoms with van der Waals surface area (Å²) in [6, 6.07) is -0.525. The molecule has 0 fully saturated rings. The molecule has 0 radical (unpaired) electrons. The van der Waals surface area contributed by atoms with E-state index in [9.17, 15) is 9.59 Å². The Labute approximate surface area is 84.2 Å². The summed E-state index contributed by atoms with van der Waals surface area (Å²) in [5, 5.41) is 4.95. The Balaban J connectivity index is 3.77. The molecule has 2 amide bonds. The van der Waals surface area contributed by atoms with Crippen LogP contribution in [0.3, 0.4) is 0 Å². The SMILES string of the molecule is CNC(=O)C(C)NC(=O)COC(C)C. The van der Waals surface area contributed by atoms with E-state index in [0.717, 1.165) is 0 Å². The van der Waals surface area contributed by atoms with Crippen LogP contribution in [0, 0.1) is 0 Å². The van der Waals surface area contributed by atoms with Gasteiger partial charge in [-0.05, 0) is 20.8 Å². The third kappa shape index (κ3) is 5.53. The number of hydrogen-bond acceptors (Lipinski definition) is 3. The Morgan fingerprint density at radius 1 is 1.29 bits per heavy atom. The van der Waals surface area contributed by atoms with Crippen LogP contribution in [0.1, 0.15) is 20.8 Å². The van der Waals surface area contributed by atoms with Crippen molar-refractivity contribution in [1.82, 2.24) is 10.6 Å². The van der Waals surface area contributed by atoms with Gasteiger partial charge in [0.1, 0.15) is 12.6 Å². The van der Waals surface area contributed by atoms with Gasteiger partial charge in [0.25, 0.3) is 0 Å². The Bertz CT molecular complexity index is 204. The van der Waals surface area contributed by atoms with Gasteiger partial charge in [0.2, 0.25) is 11.8 Å². The minimum absolute atomic E-state index is 0.0102. The molecule has 0 aromatic rings. The fraction of sp³-hybridized carbons (Fsp3) is 0.778. The Morgan fingerprint density at radius 3 is 2.29 bits per heavy atom. The molecule has 2 N–H and O–H groups in total. The molecule has 0 aliphatic heterocycles. The van der Waals surface area contributed by atoms with Crippen molar-refractivity contribution in [1.29, 1.82) is 0 Å². The van der Waals surface area contributed by atoms with Gasteiger partial charge in [-0.2, -0.15) is 0 Å². The molecule has 1 atom stereocenters. The summed E-state index contributed by atoms with van der Waals surface area (Å²) in [6.07, 6.45) is 0.0102. The summed E-state index contributed by atoms with van der Waals surface area (Å²) < 4.78 is 5.07. The summed E-state index contributed by atoms with van der Waals surface area (Å²) in [5.74, 6) is -0.502. The van der Waals surface area contributed by atoms with Crippen molar-refractivity contribution in [3.63, 3.8) is 0 Å². The second kappa shape index (κ2) is 6.37. The van der Waals surface area contributed by atoms with Gasteiger partial charge in [-0.15, -0.1) is 0 Å². The van der Waals surface area contributed by atoms with E-state index in [1.807, 2.05) is 13.8 Å². The van der Waals surface area contributed by atoms with Crippen LogP contribution in [-0.2, 0) is 14.3 Å². The Morgan fingerprint density at radius 2 is 1.86 bits per heavy atom. The number of amides is 2. The first-order chi connectivity index (χ1) is 6.47. The largest absolute Gasteiger partial charge is 0.369 e. The standard InChI is InChI=1S/C9H18N2O3/c1-6(2)14-5-8(12)11-7(3)9(13)10-4/h6-7H,5H2,1-4H3,(H,10,13)(H,11,12). The number of carbonyl (C=O) groups is 2. The highest BCUT2D eigenvalue weighted by Gasteiger charge is 2.13. The van der Waals surface area contributed by atoms with Crippen molar-refractivity contribution >= 4 is 11.8 Å². The quantitative estimate of drug-likeness (QED) is 0.641. The molecule has 5 heteroatoms.